The van der Waals surface area contributed by atoms with Gasteiger partial charge in [0.15, 0.2) is 5.13 Å². The lowest BCUT2D eigenvalue weighted by molar-refractivity contribution is -0.113. The number of ether oxygens (including phenoxy) is 1. The molecule has 1 aromatic heterocycles. The first-order valence-electron chi connectivity index (χ1n) is 9.41. The molecule has 4 nitrogen and oxygen atoms in total. The second-order valence-corrected chi connectivity index (χ2v) is 8.49. The molecule has 0 bridgehead atoms. The zero-order valence-corrected chi connectivity index (χ0v) is 18.0. The summed E-state index contributed by atoms with van der Waals surface area (Å²) in [6.45, 7) is 0. The van der Waals surface area contributed by atoms with E-state index in [1.54, 1.807) is 7.11 Å². The topological polar surface area (TPSA) is 51.2 Å². The van der Waals surface area contributed by atoms with Crippen molar-refractivity contribution in [3.63, 3.8) is 0 Å². The molecule has 0 aliphatic rings. The van der Waals surface area contributed by atoms with Gasteiger partial charge in [-0.1, -0.05) is 72.0 Å². The number of thioether (sulfide) groups is 1. The van der Waals surface area contributed by atoms with Crippen molar-refractivity contribution in [1.29, 1.82) is 0 Å². The molecule has 0 saturated heterocycles. The van der Waals surface area contributed by atoms with Crippen LogP contribution in [0.25, 0.3) is 21.7 Å². The highest BCUT2D eigenvalue weighted by Crippen LogP contribution is 2.39. The maximum absolute atomic E-state index is 12.5. The van der Waals surface area contributed by atoms with Crippen LogP contribution in [-0.2, 0) is 4.79 Å². The Kier molecular flexibility index (Phi) is 6.47. The Morgan fingerprint density at radius 1 is 0.933 bits per heavy atom. The molecule has 4 rings (SSSR count). The smallest absolute Gasteiger partial charge is 0.236 e. The number of carbonyl (C=O) groups is 1. The molecule has 0 spiro atoms. The summed E-state index contributed by atoms with van der Waals surface area (Å²) >= 11 is 2.97. The SMILES string of the molecule is COc1ccc(SCC(=O)Nc2nc(-c3ccccc3)c(-c3ccccc3)s2)cc1. The first kappa shape index (κ1) is 20.2. The number of nitrogens with zero attached hydrogens (tertiary/aromatic N) is 1. The highest BCUT2D eigenvalue weighted by molar-refractivity contribution is 8.00. The number of amides is 1. The number of rotatable bonds is 7. The lowest BCUT2D eigenvalue weighted by Gasteiger charge is -2.03. The Morgan fingerprint density at radius 2 is 1.57 bits per heavy atom. The van der Waals surface area contributed by atoms with Crippen molar-refractivity contribution < 1.29 is 9.53 Å². The van der Waals surface area contributed by atoms with Crippen LogP contribution in [-0.4, -0.2) is 23.8 Å². The van der Waals surface area contributed by atoms with E-state index in [9.17, 15) is 4.79 Å². The average molecular weight is 433 g/mol. The first-order chi connectivity index (χ1) is 14.7. The Bertz CT molecular complexity index is 1050. The van der Waals surface area contributed by atoms with Crippen LogP contribution in [0.1, 0.15) is 0 Å². The second-order valence-electron chi connectivity index (χ2n) is 6.44. The van der Waals surface area contributed by atoms with Gasteiger partial charge in [0.05, 0.1) is 23.4 Å². The van der Waals surface area contributed by atoms with Gasteiger partial charge >= 0.3 is 0 Å². The van der Waals surface area contributed by atoms with Crippen LogP contribution in [0.5, 0.6) is 5.75 Å². The predicted octanol–water partition coefficient (Wildman–Crippen LogP) is 6.22. The molecule has 0 unspecified atom stereocenters. The molecule has 30 heavy (non-hydrogen) atoms. The van der Waals surface area contributed by atoms with E-state index in [0.717, 1.165) is 32.3 Å². The third kappa shape index (κ3) is 4.90. The lowest BCUT2D eigenvalue weighted by Crippen LogP contribution is -2.13. The molecule has 150 valence electrons. The maximum atomic E-state index is 12.5. The Balaban J connectivity index is 1.51. The molecule has 4 aromatic rings. The fourth-order valence-corrected chi connectivity index (χ4v) is 4.63. The van der Waals surface area contributed by atoms with E-state index in [1.807, 2.05) is 72.8 Å². The van der Waals surface area contributed by atoms with Crippen molar-refractivity contribution in [2.45, 2.75) is 4.90 Å². The fraction of sp³-hybridized carbons (Fsp3) is 0.0833. The molecule has 3 aromatic carbocycles. The summed E-state index contributed by atoms with van der Waals surface area (Å²) in [6.07, 6.45) is 0. The number of aromatic nitrogens is 1. The molecule has 0 atom stereocenters. The number of carbonyl (C=O) groups excluding carboxylic acids is 1. The summed E-state index contributed by atoms with van der Waals surface area (Å²) in [5.41, 5.74) is 2.99. The van der Waals surface area contributed by atoms with Crippen LogP contribution in [0.4, 0.5) is 5.13 Å². The lowest BCUT2D eigenvalue weighted by atomic mass is 10.1. The van der Waals surface area contributed by atoms with Crippen LogP contribution >= 0.6 is 23.1 Å². The Morgan fingerprint density at radius 3 is 2.20 bits per heavy atom. The van der Waals surface area contributed by atoms with Crippen molar-refractivity contribution in [3.8, 4) is 27.4 Å². The van der Waals surface area contributed by atoms with E-state index in [2.05, 4.69) is 17.4 Å². The summed E-state index contributed by atoms with van der Waals surface area (Å²) in [4.78, 5) is 19.3. The molecule has 6 heteroatoms. The minimum atomic E-state index is -0.0798. The van der Waals surface area contributed by atoms with Crippen LogP contribution in [0.3, 0.4) is 0 Å². The van der Waals surface area contributed by atoms with Crippen molar-refractivity contribution in [2.75, 3.05) is 18.2 Å². The first-order valence-corrected chi connectivity index (χ1v) is 11.2. The summed E-state index contributed by atoms with van der Waals surface area (Å²) in [7, 11) is 1.64. The van der Waals surface area contributed by atoms with Crippen molar-refractivity contribution in [3.05, 3.63) is 84.9 Å². The van der Waals surface area contributed by atoms with Gasteiger partial charge in [0.2, 0.25) is 5.91 Å². The third-order valence-corrected chi connectivity index (χ3v) is 6.42. The highest BCUT2D eigenvalue weighted by Gasteiger charge is 2.16. The fourth-order valence-electron chi connectivity index (χ4n) is 2.93. The van der Waals surface area contributed by atoms with Gasteiger partial charge in [0, 0.05) is 10.5 Å². The summed E-state index contributed by atoms with van der Waals surface area (Å²) in [6, 6.07) is 27.8. The van der Waals surface area contributed by atoms with E-state index < -0.39 is 0 Å². The number of thiazole rings is 1. The quantitative estimate of drug-likeness (QED) is 0.352. The summed E-state index contributed by atoms with van der Waals surface area (Å²) in [5.74, 6) is 1.03. The Hall–Kier alpha value is -3.09. The molecule has 0 aliphatic carbocycles. The van der Waals surface area contributed by atoms with Crippen LogP contribution < -0.4 is 10.1 Å². The average Bonchev–Trinajstić information content (AvgIpc) is 3.23. The third-order valence-electron chi connectivity index (χ3n) is 4.39. The number of hydrogen-bond acceptors (Lipinski definition) is 5. The number of nitrogens with one attached hydrogen (secondary N) is 1. The zero-order valence-electron chi connectivity index (χ0n) is 16.4. The standard InChI is InChI=1S/C24H20N2O2S2/c1-28-19-12-14-20(15-13-19)29-16-21(27)25-24-26-22(17-8-4-2-5-9-17)23(30-24)18-10-6-3-7-11-18/h2-15H,16H2,1H3,(H,25,26,27). The zero-order chi connectivity index (χ0) is 20.8. The van der Waals surface area contributed by atoms with Crippen molar-refractivity contribution >= 4 is 34.1 Å². The van der Waals surface area contributed by atoms with Crippen molar-refractivity contribution in [2.24, 2.45) is 0 Å². The molecule has 1 N–H and O–H groups in total. The van der Waals surface area contributed by atoms with Gasteiger partial charge < -0.3 is 10.1 Å². The van der Waals surface area contributed by atoms with E-state index in [1.165, 1.54) is 23.1 Å². The van der Waals surface area contributed by atoms with Gasteiger partial charge in [-0.2, -0.15) is 0 Å². The molecule has 0 saturated carbocycles. The monoisotopic (exact) mass is 432 g/mol. The van der Waals surface area contributed by atoms with Crippen molar-refractivity contribution in [1.82, 2.24) is 4.98 Å². The normalized spacial score (nSPS) is 10.6. The largest absolute Gasteiger partial charge is 0.497 e. The molecule has 0 fully saturated rings. The number of hydrogen-bond donors (Lipinski definition) is 1. The van der Waals surface area contributed by atoms with Crippen LogP contribution in [0, 0.1) is 0 Å². The molecular formula is C24H20N2O2S2. The Labute approximate surface area is 184 Å². The van der Waals surface area contributed by atoms with Gasteiger partial charge in [-0.15, -0.1) is 11.8 Å². The van der Waals surface area contributed by atoms with Crippen LogP contribution in [0.2, 0.25) is 0 Å². The summed E-state index contributed by atoms with van der Waals surface area (Å²) < 4.78 is 5.16. The maximum Gasteiger partial charge on any atom is 0.236 e. The second kappa shape index (κ2) is 9.61. The van der Waals surface area contributed by atoms with Gasteiger partial charge in [-0.05, 0) is 29.8 Å². The van der Waals surface area contributed by atoms with Gasteiger partial charge in [0.25, 0.3) is 0 Å². The van der Waals surface area contributed by atoms with Gasteiger partial charge in [0.1, 0.15) is 5.75 Å². The minimum absolute atomic E-state index is 0.0798. The van der Waals surface area contributed by atoms with Crippen LogP contribution in [0.15, 0.2) is 89.8 Å². The minimum Gasteiger partial charge on any atom is -0.497 e. The van der Waals surface area contributed by atoms with E-state index in [0.29, 0.717) is 10.9 Å². The number of methoxy groups -OCH3 is 1. The predicted molar refractivity (Wildman–Crippen MR) is 125 cm³/mol. The van der Waals surface area contributed by atoms with E-state index >= 15 is 0 Å². The van der Waals surface area contributed by atoms with E-state index in [-0.39, 0.29) is 5.91 Å². The molecule has 1 heterocycles. The highest BCUT2D eigenvalue weighted by atomic mass is 32.2. The molecule has 0 aliphatic heterocycles. The van der Waals surface area contributed by atoms with Gasteiger partial charge in [-0.3, -0.25) is 4.79 Å². The summed E-state index contributed by atoms with van der Waals surface area (Å²) in [5, 5.41) is 3.56. The molecular weight excluding hydrogens is 412 g/mol. The molecule has 1 amide bonds. The van der Waals surface area contributed by atoms with E-state index in [4.69, 9.17) is 9.72 Å². The number of benzene rings is 3. The van der Waals surface area contributed by atoms with Gasteiger partial charge in [-0.25, -0.2) is 4.98 Å². The molecule has 0 radical (unpaired) electrons. The number of anilines is 1.